The van der Waals surface area contributed by atoms with E-state index < -0.39 is 6.09 Å². The van der Waals surface area contributed by atoms with Gasteiger partial charge in [0.1, 0.15) is 0 Å². The number of carbonyl (C=O) groups excluding carboxylic acids is 1. The molecule has 0 heterocycles. The number of benzene rings is 1. The summed E-state index contributed by atoms with van der Waals surface area (Å²) in [5, 5.41) is 14.5. The smallest absolute Gasteiger partial charge is 0.323 e. The van der Waals surface area contributed by atoms with Gasteiger partial charge in [-0.1, -0.05) is 17.3 Å². The average molecular weight is 217 g/mol. The van der Waals surface area contributed by atoms with Crippen molar-refractivity contribution in [3.05, 3.63) is 35.4 Å². The molecule has 0 fully saturated rings. The minimum absolute atomic E-state index is 0.563. The van der Waals surface area contributed by atoms with E-state index in [9.17, 15) is 4.79 Å². The first-order chi connectivity index (χ1) is 7.67. The van der Waals surface area contributed by atoms with Crippen LogP contribution in [0.25, 0.3) is 0 Å². The number of hydrogen-bond acceptors (Lipinski definition) is 4. The molecule has 0 unspecified atom stereocenters. The van der Waals surface area contributed by atoms with Crippen LogP contribution in [0, 0.1) is 11.3 Å². The first kappa shape index (κ1) is 11.7. The van der Waals surface area contributed by atoms with E-state index in [0.717, 1.165) is 5.56 Å². The van der Waals surface area contributed by atoms with Crippen molar-refractivity contribution < 1.29 is 9.63 Å². The molecule has 0 bridgehead atoms. The predicted octanol–water partition coefficient (Wildman–Crippen LogP) is 1.64. The zero-order chi connectivity index (χ0) is 12.0. The van der Waals surface area contributed by atoms with Gasteiger partial charge in [-0.2, -0.15) is 5.26 Å². The molecule has 0 aliphatic rings. The lowest BCUT2D eigenvalue weighted by Gasteiger charge is -2.00. The Balaban J connectivity index is 2.76. The summed E-state index contributed by atoms with van der Waals surface area (Å²) in [7, 11) is 1.45. The van der Waals surface area contributed by atoms with Crippen LogP contribution in [0.4, 0.5) is 4.79 Å². The third-order valence-electron chi connectivity index (χ3n) is 1.90. The highest BCUT2D eigenvalue weighted by Crippen LogP contribution is 2.05. The SMILES string of the molecule is CNC(=O)ON=C(C)c1ccc(C#N)cc1. The quantitative estimate of drug-likeness (QED) is 0.465. The first-order valence-electron chi connectivity index (χ1n) is 4.61. The minimum atomic E-state index is -0.618. The second kappa shape index (κ2) is 5.51. The largest absolute Gasteiger partial charge is 0.433 e. The Labute approximate surface area is 93.3 Å². The van der Waals surface area contributed by atoms with Crippen LogP contribution in [0.2, 0.25) is 0 Å². The van der Waals surface area contributed by atoms with Crippen molar-refractivity contribution in [1.82, 2.24) is 5.32 Å². The zero-order valence-electron chi connectivity index (χ0n) is 9.02. The molecule has 0 saturated carbocycles. The van der Waals surface area contributed by atoms with Gasteiger partial charge in [-0.25, -0.2) is 4.79 Å². The van der Waals surface area contributed by atoms with Gasteiger partial charge >= 0.3 is 6.09 Å². The van der Waals surface area contributed by atoms with Crippen molar-refractivity contribution in [2.75, 3.05) is 7.05 Å². The molecule has 5 heteroatoms. The standard InChI is InChI=1S/C11H11N3O2/c1-8(14-16-11(15)13-2)10-5-3-9(7-12)4-6-10/h3-6H,1-2H3,(H,13,15). The molecule has 0 aromatic heterocycles. The Morgan fingerprint density at radius 2 is 2.06 bits per heavy atom. The van der Waals surface area contributed by atoms with Crippen molar-refractivity contribution in [3.63, 3.8) is 0 Å². The molecule has 0 radical (unpaired) electrons. The van der Waals surface area contributed by atoms with Gasteiger partial charge in [0.2, 0.25) is 0 Å². The van der Waals surface area contributed by atoms with Crippen LogP contribution in [0.1, 0.15) is 18.1 Å². The van der Waals surface area contributed by atoms with Gasteiger partial charge in [-0.3, -0.25) is 4.84 Å². The molecule has 82 valence electrons. The fourth-order valence-electron chi connectivity index (χ4n) is 0.994. The van der Waals surface area contributed by atoms with E-state index in [1.54, 1.807) is 31.2 Å². The second-order valence-electron chi connectivity index (χ2n) is 2.99. The number of amides is 1. The second-order valence-corrected chi connectivity index (χ2v) is 2.99. The van der Waals surface area contributed by atoms with Crippen LogP contribution in [-0.2, 0) is 4.84 Å². The van der Waals surface area contributed by atoms with E-state index in [1.165, 1.54) is 7.05 Å². The molecule has 0 atom stereocenters. The maximum atomic E-state index is 10.8. The van der Waals surface area contributed by atoms with Gasteiger partial charge in [0.05, 0.1) is 17.3 Å². The monoisotopic (exact) mass is 217 g/mol. The van der Waals surface area contributed by atoms with Crippen molar-refractivity contribution in [2.24, 2.45) is 5.16 Å². The van der Waals surface area contributed by atoms with Crippen LogP contribution < -0.4 is 5.32 Å². The molecule has 0 aliphatic heterocycles. The minimum Gasteiger partial charge on any atom is -0.323 e. The van der Waals surface area contributed by atoms with E-state index >= 15 is 0 Å². The summed E-state index contributed by atoms with van der Waals surface area (Å²) in [4.78, 5) is 15.3. The predicted molar refractivity (Wildman–Crippen MR) is 58.9 cm³/mol. The maximum absolute atomic E-state index is 10.8. The van der Waals surface area contributed by atoms with E-state index in [0.29, 0.717) is 11.3 Å². The number of carbonyl (C=O) groups is 1. The molecule has 1 amide bonds. The Bertz CT molecular complexity index is 443. The Morgan fingerprint density at radius 3 is 2.56 bits per heavy atom. The van der Waals surface area contributed by atoms with Crippen molar-refractivity contribution in [1.29, 1.82) is 5.26 Å². The molecule has 0 aliphatic carbocycles. The highest BCUT2D eigenvalue weighted by atomic mass is 16.7. The summed E-state index contributed by atoms with van der Waals surface area (Å²) in [5.41, 5.74) is 1.93. The molecule has 0 spiro atoms. The van der Waals surface area contributed by atoms with Crippen LogP contribution in [0.15, 0.2) is 29.4 Å². The van der Waals surface area contributed by atoms with Gasteiger partial charge in [-0.05, 0) is 24.6 Å². The lowest BCUT2D eigenvalue weighted by Crippen LogP contribution is -2.17. The molecule has 0 saturated heterocycles. The molecule has 1 aromatic carbocycles. The average Bonchev–Trinajstić information content (AvgIpc) is 2.35. The van der Waals surface area contributed by atoms with Gasteiger partial charge in [0.15, 0.2) is 0 Å². The summed E-state index contributed by atoms with van der Waals surface area (Å²) < 4.78 is 0. The highest BCUT2D eigenvalue weighted by molar-refractivity contribution is 5.98. The van der Waals surface area contributed by atoms with Gasteiger partial charge in [0.25, 0.3) is 0 Å². The van der Waals surface area contributed by atoms with E-state index in [4.69, 9.17) is 5.26 Å². The zero-order valence-corrected chi connectivity index (χ0v) is 9.02. The van der Waals surface area contributed by atoms with Crippen LogP contribution >= 0.6 is 0 Å². The third-order valence-corrected chi connectivity index (χ3v) is 1.90. The summed E-state index contributed by atoms with van der Waals surface area (Å²) >= 11 is 0. The number of nitriles is 1. The third kappa shape index (κ3) is 3.10. The highest BCUT2D eigenvalue weighted by Gasteiger charge is 2.00. The summed E-state index contributed by atoms with van der Waals surface area (Å²) in [6.45, 7) is 1.71. The number of nitrogens with one attached hydrogen (secondary N) is 1. The van der Waals surface area contributed by atoms with Crippen LogP contribution in [-0.4, -0.2) is 18.9 Å². The Morgan fingerprint density at radius 1 is 1.44 bits per heavy atom. The fourth-order valence-corrected chi connectivity index (χ4v) is 0.994. The van der Waals surface area contributed by atoms with Crippen molar-refractivity contribution in [3.8, 4) is 6.07 Å². The number of hydrogen-bond donors (Lipinski definition) is 1. The Hall–Kier alpha value is -2.35. The van der Waals surface area contributed by atoms with Gasteiger partial charge in [-0.15, -0.1) is 0 Å². The lowest BCUT2D eigenvalue weighted by atomic mass is 10.1. The van der Waals surface area contributed by atoms with E-state index in [1.807, 2.05) is 6.07 Å². The summed E-state index contributed by atoms with van der Waals surface area (Å²) in [6, 6.07) is 8.85. The molecular weight excluding hydrogens is 206 g/mol. The molecule has 1 aromatic rings. The van der Waals surface area contributed by atoms with Crippen molar-refractivity contribution in [2.45, 2.75) is 6.92 Å². The number of rotatable bonds is 2. The maximum Gasteiger partial charge on any atom is 0.433 e. The fraction of sp³-hybridized carbons (Fsp3) is 0.182. The Kier molecular flexibility index (Phi) is 4.04. The molecule has 16 heavy (non-hydrogen) atoms. The molecule has 1 N–H and O–H groups in total. The summed E-state index contributed by atoms with van der Waals surface area (Å²) in [5.74, 6) is 0. The number of nitrogens with zero attached hydrogens (tertiary/aromatic N) is 2. The molecule has 1 rings (SSSR count). The number of oxime groups is 1. The van der Waals surface area contributed by atoms with Crippen molar-refractivity contribution >= 4 is 11.8 Å². The topological polar surface area (TPSA) is 74.5 Å². The molecular formula is C11H11N3O2. The molecule has 5 nitrogen and oxygen atoms in total. The van der Waals surface area contributed by atoms with Gasteiger partial charge < -0.3 is 5.32 Å². The lowest BCUT2D eigenvalue weighted by molar-refractivity contribution is 0.153. The van der Waals surface area contributed by atoms with E-state index in [2.05, 4.69) is 15.3 Å². The van der Waals surface area contributed by atoms with Gasteiger partial charge in [0, 0.05) is 7.05 Å². The summed E-state index contributed by atoms with van der Waals surface area (Å²) in [6.07, 6.45) is -0.618. The van der Waals surface area contributed by atoms with E-state index in [-0.39, 0.29) is 0 Å². The van der Waals surface area contributed by atoms with Crippen LogP contribution in [0.5, 0.6) is 0 Å². The van der Waals surface area contributed by atoms with Crippen LogP contribution in [0.3, 0.4) is 0 Å². The normalized spacial score (nSPS) is 10.4. The first-order valence-corrected chi connectivity index (χ1v) is 4.61.